The molecule has 0 aliphatic carbocycles. The summed E-state index contributed by atoms with van der Waals surface area (Å²) >= 11 is 1.23. The summed E-state index contributed by atoms with van der Waals surface area (Å²) in [6.07, 6.45) is -0.289. The summed E-state index contributed by atoms with van der Waals surface area (Å²) in [6.45, 7) is 5.61. The summed E-state index contributed by atoms with van der Waals surface area (Å²) in [5.41, 5.74) is 0.950. The van der Waals surface area contributed by atoms with Gasteiger partial charge >= 0.3 is 6.09 Å². The Bertz CT molecular complexity index is 405. The number of ether oxygens (including phenoxy) is 1. The van der Waals surface area contributed by atoms with Crippen LogP contribution in [-0.4, -0.2) is 28.4 Å². The minimum Gasteiger partial charge on any atom is -0.443 e. The molecule has 0 aliphatic rings. The van der Waals surface area contributed by atoms with Crippen molar-refractivity contribution in [3.8, 4) is 6.07 Å². The van der Waals surface area contributed by atoms with Gasteiger partial charge in [-0.15, -0.1) is 10.2 Å². The molecule has 0 fully saturated rings. The highest BCUT2D eigenvalue weighted by Crippen LogP contribution is 2.19. The molecule has 0 spiro atoms. The molecule has 0 aromatic carbocycles. The lowest BCUT2D eigenvalue weighted by Gasteiger charge is -2.24. The quantitative estimate of drug-likeness (QED) is 0.826. The zero-order chi connectivity index (χ0) is 12.9. The molecule has 1 amide bonds. The van der Waals surface area contributed by atoms with Crippen molar-refractivity contribution in [2.24, 2.45) is 0 Å². The van der Waals surface area contributed by atoms with Gasteiger partial charge in [0.25, 0.3) is 0 Å². The second-order valence-electron chi connectivity index (χ2n) is 4.26. The predicted molar refractivity (Wildman–Crippen MR) is 63.7 cm³/mol. The van der Waals surface area contributed by atoms with E-state index in [4.69, 9.17) is 10.00 Å². The van der Waals surface area contributed by atoms with E-state index in [1.54, 1.807) is 20.8 Å². The van der Waals surface area contributed by atoms with Crippen LogP contribution in [0.5, 0.6) is 0 Å². The van der Waals surface area contributed by atoms with Crippen LogP contribution in [0.4, 0.5) is 9.93 Å². The Morgan fingerprint density at radius 2 is 2.35 bits per heavy atom. The van der Waals surface area contributed by atoms with Crippen LogP contribution in [0.25, 0.3) is 0 Å². The summed E-state index contributed by atoms with van der Waals surface area (Å²) in [7, 11) is 0. The highest BCUT2D eigenvalue weighted by molar-refractivity contribution is 7.13. The van der Waals surface area contributed by atoms with Crippen molar-refractivity contribution in [3.05, 3.63) is 5.51 Å². The number of hydrogen-bond donors (Lipinski definition) is 0. The van der Waals surface area contributed by atoms with Gasteiger partial charge in [-0.3, -0.25) is 4.90 Å². The number of aromatic nitrogens is 2. The Labute approximate surface area is 104 Å². The second kappa shape index (κ2) is 5.59. The molecule has 0 radical (unpaired) electrons. The number of nitriles is 1. The summed E-state index contributed by atoms with van der Waals surface area (Å²) in [6, 6.07) is 1.98. The van der Waals surface area contributed by atoms with Gasteiger partial charge in [0.2, 0.25) is 5.13 Å². The molecule has 6 nitrogen and oxygen atoms in total. The van der Waals surface area contributed by atoms with Crippen molar-refractivity contribution in [1.29, 1.82) is 5.26 Å². The lowest BCUT2D eigenvalue weighted by Crippen LogP contribution is -2.37. The van der Waals surface area contributed by atoms with Crippen LogP contribution in [0.2, 0.25) is 0 Å². The number of anilines is 1. The Morgan fingerprint density at radius 3 is 2.82 bits per heavy atom. The van der Waals surface area contributed by atoms with Crippen molar-refractivity contribution in [3.63, 3.8) is 0 Å². The molecule has 0 unspecified atom stereocenters. The zero-order valence-corrected chi connectivity index (χ0v) is 10.8. The van der Waals surface area contributed by atoms with Gasteiger partial charge in [-0.05, 0) is 20.8 Å². The molecule has 0 saturated heterocycles. The van der Waals surface area contributed by atoms with E-state index in [0.717, 1.165) is 0 Å². The first-order valence-corrected chi connectivity index (χ1v) is 5.95. The van der Waals surface area contributed by atoms with Crippen LogP contribution in [0, 0.1) is 11.3 Å². The van der Waals surface area contributed by atoms with Gasteiger partial charge in [0, 0.05) is 6.54 Å². The molecule has 0 bridgehead atoms. The van der Waals surface area contributed by atoms with E-state index in [9.17, 15) is 4.79 Å². The van der Waals surface area contributed by atoms with E-state index in [-0.39, 0.29) is 13.0 Å². The van der Waals surface area contributed by atoms with E-state index in [0.29, 0.717) is 5.13 Å². The third-order valence-electron chi connectivity index (χ3n) is 1.64. The third-order valence-corrected chi connectivity index (χ3v) is 2.35. The van der Waals surface area contributed by atoms with E-state index in [2.05, 4.69) is 10.2 Å². The van der Waals surface area contributed by atoms with Crippen LogP contribution in [-0.2, 0) is 4.74 Å². The average Bonchev–Trinajstić information content (AvgIpc) is 2.68. The predicted octanol–water partition coefficient (Wildman–Crippen LogP) is 2.19. The maximum atomic E-state index is 11.9. The van der Waals surface area contributed by atoms with E-state index >= 15 is 0 Å². The lowest BCUT2D eigenvalue weighted by atomic mass is 10.2. The normalized spacial score (nSPS) is 10.7. The Balaban J connectivity index is 2.77. The van der Waals surface area contributed by atoms with Crippen LogP contribution < -0.4 is 4.90 Å². The second-order valence-corrected chi connectivity index (χ2v) is 5.07. The third kappa shape index (κ3) is 4.36. The SMILES string of the molecule is CC(C)(C)OC(=O)N(CCC#N)c1nncs1. The molecule has 0 atom stereocenters. The van der Waals surface area contributed by atoms with Crippen LogP contribution >= 0.6 is 11.3 Å². The topological polar surface area (TPSA) is 79.1 Å². The monoisotopic (exact) mass is 254 g/mol. The number of hydrogen-bond acceptors (Lipinski definition) is 6. The maximum Gasteiger partial charge on any atom is 0.416 e. The van der Waals surface area contributed by atoms with Gasteiger partial charge in [0.05, 0.1) is 12.5 Å². The zero-order valence-electron chi connectivity index (χ0n) is 10.0. The molecule has 92 valence electrons. The molecule has 0 N–H and O–H groups in total. The minimum atomic E-state index is -0.577. The van der Waals surface area contributed by atoms with Gasteiger partial charge in [-0.1, -0.05) is 11.3 Å². The molecule has 1 aromatic rings. The highest BCUT2D eigenvalue weighted by Gasteiger charge is 2.24. The van der Waals surface area contributed by atoms with Gasteiger partial charge in [-0.25, -0.2) is 4.79 Å². The molecule has 17 heavy (non-hydrogen) atoms. The summed E-state index contributed by atoms with van der Waals surface area (Å²) in [5, 5.41) is 16.5. The summed E-state index contributed by atoms with van der Waals surface area (Å²) < 4.78 is 5.24. The fourth-order valence-electron chi connectivity index (χ4n) is 1.03. The lowest BCUT2D eigenvalue weighted by molar-refractivity contribution is 0.0581. The first kappa shape index (κ1) is 13.4. The first-order chi connectivity index (χ1) is 7.94. The van der Waals surface area contributed by atoms with Crippen molar-refractivity contribution in [2.75, 3.05) is 11.4 Å². The number of carbonyl (C=O) groups is 1. The van der Waals surface area contributed by atoms with Crippen LogP contribution in [0.1, 0.15) is 27.2 Å². The minimum absolute atomic E-state index is 0.221. The van der Waals surface area contributed by atoms with Crippen molar-refractivity contribution in [1.82, 2.24) is 10.2 Å². The average molecular weight is 254 g/mol. The van der Waals surface area contributed by atoms with Crippen molar-refractivity contribution in [2.45, 2.75) is 32.8 Å². The van der Waals surface area contributed by atoms with Crippen LogP contribution in [0.15, 0.2) is 5.51 Å². The summed E-state index contributed by atoms with van der Waals surface area (Å²) in [4.78, 5) is 13.2. The van der Waals surface area contributed by atoms with E-state index < -0.39 is 11.7 Å². The molecular formula is C10H14N4O2S. The fraction of sp³-hybridized carbons (Fsp3) is 0.600. The van der Waals surface area contributed by atoms with E-state index in [1.165, 1.54) is 21.7 Å². The van der Waals surface area contributed by atoms with Crippen LogP contribution in [0.3, 0.4) is 0 Å². The number of amides is 1. The largest absolute Gasteiger partial charge is 0.443 e. The molecule has 0 saturated carbocycles. The van der Waals surface area contributed by atoms with Gasteiger partial charge in [0.15, 0.2) is 0 Å². The number of nitrogens with zero attached hydrogens (tertiary/aromatic N) is 4. The molecule has 1 aromatic heterocycles. The number of rotatable bonds is 3. The maximum absolute atomic E-state index is 11.9. The van der Waals surface area contributed by atoms with Gasteiger partial charge in [0.1, 0.15) is 11.1 Å². The first-order valence-electron chi connectivity index (χ1n) is 5.07. The highest BCUT2D eigenvalue weighted by atomic mass is 32.1. The van der Waals surface area contributed by atoms with Gasteiger partial charge in [-0.2, -0.15) is 5.26 Å². The van der Waals surface area contributed by atoms with Crippen molar-refractivity contribution < 1.29 is 9.53 Å². The Hall–Kier alpha value is -1.68. The summed E-state index contributed by atoms with van der Waals surface area (Å²) in [5.74, 6) is 0. The van der Waals surface area contributed by atoms with E-state index in [1.807, 2.05) is 6.07 Å². The van der Waals surface area contributed by atoms with Gasteiger partial charge < -0.3 is 4.74 Å². The molecular weight excluding hydrogens is 240 g/mol. The standard InChI is InChI=1S/C10H14N4O2S/c1-10(2,3)16-9(15)14(6-4-5-11)8-13-12-7-17-8/h7H,4,6H2,1-3H3. The molecule has 1 heterocycles. The Morgan fingerprint density at radius 1 is 1.65 bits per heavy atom. The smallest absolute Gasteiger partial charge is 0.416 e. The Kier molecular flexibility index (Phi) is 4.40. The number of carbonyl (C=O) groups excluding carboxylic acids is 1. The molecule has 7 heteroatoms. The molecule has 1 rings (SSSR count). The fourth-order valence-corrected chi connectivity index (χ4v) is 1.60. The van der Waals surface area contributed by atoms with Crippen molar-refractivity contribution >= 4 is 22.6 Å². The molecule has 0 aliphatic heterocycles.